The average Bonchev–Trinajstić information content (AvgIpc) is 2.52. The van der Waals surface area contributed by atoms with Gasteiger partial charge in [0.05, 0.1) is 34.1 Å². The van der Waals surface area contributed by atoms with Crippen molar-refractivity contribution in [3.8, 4) is 0 Å². The highest BCUT2D eigenvalue weighted by Crippen LogP contribution is 2.35. The molecule has 2 aromatic carbocycles. The largest absolute Gasteiger partial charge is 0.418 e. The fourth-order valence-electron chi connectivity index (χ4n) is 2.05. The van der Waals surface area contributed by atoms with Crippen LogP contribution in [0.2, 0.25) is 5.02 Å². The van der Waals surface area contributed by atoms with E-state index in [1.807, 2.05) is 0 Å². The van der Waals surface area contributed by atoms with E-state index in [1.165, 1.54) is 12.1 Å². The number of rotatable bonds is 4. The Hall–Kier alpha value is -2.42. The van der Waals surface area contributed by atoms with Crippen molar-refractivity contribution in [3.05, 3.63) is 58.6 Å². The number of hydrogen-bond donors (Lipinski definition) is 2. The van der Waals surface area contributed by atoms with Gasteiger partial charge in [-0.1, -0.05) is 23.7 Å². The van der Waals surface area contributed by atoms with Crippen LogP contribution in [-0.2, 0) is 17.1 Å². The lowest BCUT2D eigenvalue weighted by Crippen LogP contribution is -2.23. The molecule has 3 nitrogen and oxygen atoms in total. The predicted octanol–water partition coefficient (Wildman–Crippen LogP) is 5.43. The first kappa shape index (κ1) is 19.9. The molecule has 140 valence electrons. The summed E-state index contributed by atoms with van der Waals surface area (Å²) in [7, 11) is 0. The van der Waals surface area contributed by atoms with Crippen molar-refractivity contribution in [3.63, 3.8) is 0 Å². The van der Waals surface area contributed by atoms with Gasteiger partial charge in [-0.2, -0.15) is 26.3 Å². The van der Waals surface area contributed by atoms with E-state index >= 15 is 0 Å². The molecule has 0 aliphatic carbocycles. The summed E-state index contributed by atoms with van der Waals surface area (Å²) in [5.74, 6) is -0.879. The van der Waals surface area contributed by atoms with Gasteiger partial charge in [0.2, 0.25) is 5.91 Å². The maximum absolute atomic E-state index is 12.9. The molecule has 0 saturated carbocycles. The highest BCUT2D eigenvalue weighted by molar-refractivity contribution is 6.33. The Morgan fingerprint density at radius 1 is 0.923 bits per heavy atom. The van der Waals surface area contributed by atoms with Gasteiger partial charge in [0.1, 0.15) is 0 Å². The molecule has 10 heteroatoms. The van der Waals surface area contributed by atoms with Gasteiger partial charge in [-0.15, -0.1) is 0 Å². The zero-order valence-electron chi connectivity index (χ0n) is 12.8. The monoisotopic (exact) mass is 396 g/mol. The zero-order valence-corrected chi connectivity index (χ0v) is 13.6. The molecule has 0 heterocycles. The molecule has 1 amide bonds. The lowest BCUT2D eigenvalue weighted by molar-refractivity contribution is -0.138. The van der Waals surface area contributed by atoms with Crippen molar-refractivity contribution in [1.29, 1.82) is 0 Å². The Morgan fingerprint density at radius 2 is 1.58 bits per heavy atom. The lowest BCUT2D eigenvalue weighted by atomic mass is 10.1. The molecule has 0 unspecified atom stereocenters. The van der Waals surface area contributed by atoms with E-state index in [0.717, 1.165) is 24.3 Å². The lowest BCUT2D eigenvalue weighted by Gasteiger charge is -2.15. The van der Waals surface area contributed by atoms with E-state index in [4.69, 9.17) is 11.6 Å². The van der Waals surface area contributed by atoms with Crippen molar-refractivity contribution in [2.75, 3.05) is 17.2 Å². The molecule has 0 fully saturated rings. The van der Waals surface area contributed by atoms with Crippen LogP contribution in [-0.4, -0.2) is 12.5 Å². The molecule has 2 N–H and O–H groups in total. The number of carbonyl (C=O) groups is 1. The third kappa shape index (κ3) is 5.04. The van der Waals surface area contributed by atoms with E-state index in [2.05, 4.69) is 10.6 Å². The Bertz CT molecular complexity index is 804. The molecule has 26 heavy (non-hydrogen) atoms. The number of carbonyl (C=O) groups excluding carboxylic acids is 1. The van der Waals surface area contributed by atoms with Crippen molar-refractivity contribution in [1.82, 2.24) is 0 Å². The summed E-state index contributed by atoms with van der Waals surface area (Å²) in [5, 5.41) is 4.38. The second kappa shape index (κ2) is 7.45. The Balaban J connectivity index is 2.09. The van der Waals surface area contributed by atoms with Crippen molar-refractivity contribution < 1.29 is 31.1 Å². The van der Waals surface area contributed by atoms with Gasteiger partial charge in [-0.25, -0.2) is 0 Å². The average molecular weight is 397 g/mol. The van der Waals surface area contributed by atoms with Gasteiger partial charge < -0.3 is 10.6 Å². The summed E-state index contributed by atoms with van der Waals surface area (Å²) >= 11 is 5.76. The molecule has 0 bridgehead atoms. The number of alkyl halides is 6. The first-order valence-electron chi connectivity index (χ1n) is 7.05. The summed E-state index contributed by atoms with van der Waals surface area (Å²) < 4.78 is 76.7. The van der Waals surface area contributed by atoms with E-state index in [-0.39, 0.29) is 10.7 Å². The molecule has 0 saturated heterocycles. The van der Waals surface area contributed by atoms with Gasteiger partial charge in [0, 0.05) is 0 Å². The van der Waals surface area contributed by atoms with E-state index in [9.17, 15) is 31.1 Å². The minimum Gasteiger partial charge on any atom is -0.375 e. The van der Waals surface area contributed by atoms with Gasteiger partial charge in [-0.05, 0) is 30.3 Å². The van der Waals surface area contributed by atoms with Gasteiger partial charge in [0.15, 0.2) is 0 Å². The van der Waals surface area contributed by atoms with Crippen LogP contribution in [0.5, 0.6) is 0 Å². The molecule has 0 atom stereocenters. The molecule has 2 aromatic rings. The second-order valence-corrected chi connectivity index (χ2v) is 5.54. The van der Waals surface area contributed by atoms with Crippen LogP contribution < -0.4 is 10.6 Å². The minimum absolute atomic E-state index is 0.0681. The Morgan fingerprint density at radius 3 is 2.19 bits per heavy atom. The maximum atomic E-state index is 12.9. The second-order valence-electron chi connectivity index (χ2n) is 5.14. The molecule has 2 rings (SSSR count). The summed E-state index contributed by atoms with van der Waals surface area (Å²) in [6.07, 6.45) is -9.27. The molecular weight excluding hydrogens is 386 g/mol. The normalized spacial score (nSPS) is 12.0. The topological polar surface area (TPSA) is 41.1 Å². The number of para-hydroxylation sites is 1. The fourth-order valence-corrected chi connectivity index (χ4v) is 2.23. The zero-order chi connectivity index (χ0) is 19.5. The van der Waals surface area contributed by atoms with Crippen molar-refractivity contribution >= 4 is 28.9 Å². The summed E-state index contributed by atoms with van der Waals surface area (Å²) in [4.78, 5) is 11.9. The van der Waals surface area contributed by atoms with Crippen LogP contribution in [0.4, 0.5) is 37.7 Å². The Kier molecular flexibility index (Phi) is 5.70. The maximum Gasteiger partial charge on any atom is 0.418 e. The van der Waals surface area contributed by atoms with Crippen LogP contribution in [0.25, 0.3) is 0 Å². The number of halogens is 7. The van der Waals surface area contributed by atoms with Gasteiger partial charge >= 0.3 is 12.4 Å². The molecule has 0 aromatic heterocycles. The van der Waals surface area contributed by atoms with Crippen molar-refractivity contribution in [2.45, 2.75) is 12.4 Å². The molecule has 0 spiro atoms. The van der Waals surface area contributed by atoms with Gasteiger partial charge in [0.25, 0.3) is 0 Å². The molecule has 0 radical (unpaired) electrons. The SMILES string of the molecule is O=C(CNc1cc(C(F)(F)F)ccc1Cl)Nc1ccccc1C(F)(F)F. The summed E-state index contributed by atoms with van der Waals surface area (Å²) in [6.45, 7) is -0.576. The first-order chi connectivity index (χ1) is 12.0. The molecule has 0 aliphatic heterocycles. The highest BCUT2D eigenvalue weighted by atomic mass is 35.5. The van der Waals surface area contributed by atoms with Crippen molar-refractivity contribution in [2.24, 2.45) is 0 Å². The van der Waals surface area contributed by atoms with E-state index < -0.39 is 41.6 Å². The quantitative estimate of drug-likeness (QED) is 0.677. The van der Waals surface area contributed by atoms with Crippen LogP contribution in [0.1, 0.15) is 11.1 Å². The van der Waals surface area contributed by atoms with Crippen LogP contribution >= 0.6 is 11.6 Å². The predicted molar refractivity (Wildman–Crippen MR) is 85.0 cm³/mol. The number of amides is 1. The number of hydrogen-bond acceptors (Lipinski definition) is 2. The minimum atomic E-state index is -4.67. The smallest absolute Gasteiger partial charge is 0.375 e. The van der Waals surface area contributed by atoms with E-state index in [0.29, 0.717) is 6.07 Å². The number of nitrogens with one attached hydrogen (secondary N) is 2. The van der Waals surface area contributed by atoms with Crippen LogP contribution in [0.15, 0.2) is 42.5 Å². The molecular formula is C16H11ClF6N2O. The van der Waals surface area contributed by atoms with Gasteiger partial charge in [-0.3, -0.25) is 4.79 Å². The standard InChI is InChI=1S/C16H11ClF6N2O/c17-11-6-5-9(15(18,19)20)7-13(11)24-8-14(26)25-12-4-2-1-3-10(12)16(21,22)23/h1-7,24H,8H2,(H,25,26). The number of anilines is 2. The van der Waals surface area contributed by atoms with E-state index in [1.54, 1.807) is 0 Å². The first-order valence-corrected chi connectivity index (χ1v) is 7.43. The molecule has 0 aliphatic rings. The van der Waals surface area contributed by atoms with Crippen LogP contribution in [0.3, 0.4) is 0 Å². The summed E-state index contributed by atoms with van der Waals surface area (Å²) in [6, 6.07) is 6.82. The van der Waals surface area contributed by atoms with Crippen LogP contribution in [0, 0.1) is 0 Å². The fraction of sp³-hybridized carbons (Fsp3) is 0.188. The highest BCUT2D eigenvalue weighted by Gasteiger charge is 2.33. The third-order valence-electron chi connectivity index (χ3n) is 3.24. The summed E-state index contributed by atoms with van der Waals surface area (Å²) in [5.41, 5.74) is -2.64. The number of benzene rings is 2. The third-order valence-corrected chi connectivity index (χ3v) is 3.57. The Labute approximate surface area is 149 Å².